The summed E-state index contributed by atoms with van der Waals surface area (Å²) in [5.41, 5.74) is 2.50. The van der Waals surface area contributed by atoms with Crippen molar-refractivity contribution in [3.05, 3.63) is 181 Å². The van der Waals surface area contributed by atoms with Gasteiger partial charge in [-0.15, -0.1) is 0 Å². The fraction of sp³-hybridized carbons (Fsp3) is 0.392. The first-order valence-corrected chi connectivity index (χ1v) is 32.1. The molecule has 0 atom stereocenters. The van der Waals surface area contributed by atoms with Crippen molar-refractivity contribution in [2.24, 2.45) is 0 Å². The largest absolute Gasteiger partial charge is 0.462 e. The SMILES string of the molecule is C=C(C)C(=O)OCCNC(=O)OCCCCCCCCCCCCOC(=O)c1ccc2ccccc2c1.C=C(C)C(=O)OCCNC(=O)OCCCCCCOC(=O)c1ccc2ccccc2c1.C=C(C)C(=O)OCCNC(=O)OCCOC(=O)c1ccc2ccccc2c1. The van der Waals surface area contributed by atoms with Crippen molar-refractivity contribution in [3.63, 3.8) is 0 Å². The number of rotatable bonds is 38. The fourth-order valence-corrected chi connectivity index (χ4v) is 8.72. The number of benzene rings is 6. The summed E-state index contributed by atoms with van der Waals surface area (Å²) in [7, 11) is 0. The molecular formula is C74H91N3O18. The number of ether oxygens (including phenoxy) is 9. The van der Waals surface area contributed by atoms with E-state index < -0.39 is 42.2 Å². The number of fused-ring (bicyclic) bond motifs is 3. The average Bonchev–Trinajstić information content (AvgIpc) is 0.915. The lowest BCUT2D eigenvalue weighted by Crippen LogP contribution is -2.29. The second kappa shape index (κ2) is 46.1. The van der Waals surface area contributed by atoms with Crippen LogP contribution in [0.1, 0.15) is 142 Å². The van der Waals surface area contributed by atoms with Gasteiger partial charge in [-0.1, -0.05) is 162 Å². The van der Waals surface area contributed by atoms with Gasteiger partial charge >= 0.3 is 54.1 Å². The second-order valence-corrected chi connectivity index (χ2v) is 22.0. The minimum absolute atomic E-state index is 0.0116. The molecule has 3 N–H and O–H groups in total. The molecule has 0 saturated heterocycles. The van der Waals surface area contributed by atoms with E-state index in [4.69, 9.17) is 42.6 Å². The molecule has 510 valence electrons. The van der Waals surface area contributed by atoms with Crippen molar-refractivity contribution >= 4 is 86.4 Å². The van der Waals surface area contributed by atoms with E-state index in [-0.39, 0.29) is 70.2 Å². The van der Waals surface area contributed by atoms with Crippen LogP contribution in [-0.4, -0.2) is 133 Å². The molecule has 0 aromatic heterocycles. The number of carbonyl (C=O) groups is 9. The van der Waals surface area contributed by atoms with Crippen LogP contribution in [0.25, 0.3) is 32.3 Å². The first-order chi connectivity index (χ1) is 45.9. The van der Waals surface area contributed by atoms with Gasteiger partial charge in [0.1, 0.15) is 33.0 Å². The highest BCUT2D eigenvalue weighted by atomic mass is 16.6. The monoisotopic (exact) mass is 1310 g/mol. The van der Waals surface area contributed by atoms with Crippen molar-refractivity contribution in [2.45, 2.75) is 111 Å². The summed E-state index contributed by atoms with van der Waals surface area (Å²) in [5, 5.41) is 13.7. The number of nitrogens with one attached hydrogen (secondary N) is 3. The van der Waals surface area contributed by atoms with Gasteiger partial charge in [-0.05, 0) is 128 Å². The van der Waals surface area contributed by atoms with Crippen molar-refractivity contribution in [2.75, 3.05) is 79.1 Å². The van der Waals surface area contributed by atoms with Crippen LogP contribution in [0.4, 0.5) is 14.4 Å². The number of alkyl carbamates (subject to hydrolysis) is 3. The molecule has 6 aromatic rings. The van der Waals surface area contributed by atoms with E-state index in [9.17, 15) is 43.2 Å². The molecule has 21 heteroatoms. The highest BCUT2D eigenvalue weighted by Crippen LogP contribution is 2.20. The van der Waals surface area contributed by atoms with Gasteiger partial charge in [0.25, 0.3) is 0 Å². The first-order valence-electron chi connectivity index (χ1n) is 32.1. The van der Waals surface area contributed by atoms with E-state index in [0.717, 1.165) is 96.5 Å². The summed E-state index contributed by atoms with van der Waals surface area (Å²) in [5.74, 6) is -2.54. The molecule has 0 saturated carbocycles. The molecule has 0 aliphatic carbocycles. The lowest BCUT2D eigenvalue weighted by molar-refractivity contribution is -0.139. The van der Waals surface area contributed by atoms with Crippen LogP contribution >= 0.6 is 0 Å². The van der Waals surface area contributed by atoms with E-state index in [1.165, 1.54) is 32.6 Å². The predicted molar refractivity (Wildman–Crippen MR) is 363 cm³/mol. The zero-order chi connectivity index (χ0) is 68.8. The standard InChI is InChI=1S/C30H41NO6.C24H29NO6.C20H21NO6/c1-24(2)28(32)36-22-19-31-30(34)37-21-14-10-8-6-4-3-5-7-9-13-20-35-29(33)27-18-17-25-15-11-12-16-26(25)23-27;1-18(2)22(26)30-16-13-25-24(28)31-15-8-4-3-7-14-29-23(27)21-12-11-19-9-5-6-10-20(19)17-21;1-14(2)18(22)25-10-9-21-20(24)27-12-11-26-19(23)17-8-7-15-5-3-4-6-16(15)13-17/h11-12,15-18,23H,1,3-10,13-14,19-22H2,2H3,(H,31,34);5-6,9-12,17H,1,3-4,7-8,13-16H2,2H3,(H,25,28);3-8,13H,1,9-12H2,2H3,(H,21,24). The molecule has 3 amide bonds. The quantitative estimate of drug-likeness (QED) is 0.0141. The van der Waals surface area contributed by atoms with E-state index in [0.29, 0.717) is 54.3 Å². The number of amides is 3. The van der Waals surface area contributed by atoms with Gasteiger partial charge in [-0.2, -0.15) is 0 Å². The molecule has 6 aromatic carbocycles. The fourth-order valence-electron chi connectivity index (χ4n) is 8.72. The van der Waals surface area contributed by atoms with Crippen molar-refractivity contribution in [1.29, 1.82) is 0 Å². The molecule has 0 heterocycles. The molecule has 95 heavy (non-hydrogen) atoms. The van der Waals surface area contributed by atoms with Crippen molar-refractivity contribution in [3.8, 4) is 0 Å². The second-order valence-electron chi connectivity index (χ2n) is 22.0. The molecule has 0 unspecified atom stereocenters. The summed E-state index contributed by atoms with van der Waals surface area (Å²) in [6, 6.07) is 40.0. The van der Waals surface area contributed by atoms with Crippen LogP contribution in [0.2, 0.25) is 0 Å². The number of hydrogen-bond acceptors (Lipinski definition) is 18. The van der Waals surface area contributed by atoms with Crippen LogP contribution in [0.15, 0.2) is 164 Å². The number of unbranched alkanes of at least 4 members (excludes halogenated alkanes) is 12. The summed E-state index contributed by atoms with van der Waals surface area (Å²) in [4.78, 5) is 104. The molecule has 0 fully saturated rings. The maximum atomic E-state index is 12.2. The molecule has 0 spiro atoms. The smallest absolute Gasteiger partial charge is 0.407 e. The Morgan fingerprint density at radius 3 is 0.789 bits per heavy atom. The van der Waals surface area contributed by atoms with Gasteiger partial charge in [0, 0.05) is 16.7 Å². The molecule has 0 radical (unpaired) electrons. The predicted octanol–water partition coefficient (Wildman–Crippen LogP) is 14.0. The molecular weight excluding hydrogens is 1220 g/mol. The highest BCUT2D eigenvalue weighted by molar-refractivity contribution is 5.97. The first kappa shape index (κ1) is 77.4. The maximum absolute atomic E-state index is 12.2. The average molecular weight is 1310 g/mol. The molecule has 21 nitrogen and oxygen atoms in total. The normalized spacial score (nSPS) is 10.4. The number of esters is 6. The zero-order valence-electron chi connectivity index (χ0n) is 55.0. The van der Waals surface area contributed by atoms with Gasteiger partial charge in [0.05, 0.1) is 62.8 Å². The van der Waals surface area contributed by atoms with Crippen molar-refractivity contribution in [1.82, 2.24) is 16.0 Å². The minimum Gasteiger partial charge on any atom is -0.462 e. The molecule has 0 aliphatic rings. The van der Waals surface area contributed by atoms with Crippen LogP contribution in [0, 0.1) is 0 Å². The third-order valence-corrected chi connectivity index (χ3v) is 13.9. The third kappa shape index (κ3) is 33.4. The minimum atomic E-state index is -0.692. The van der Waals surface area contributed by atoms with E-state index >= 15 is 0 Å². The van der Waals surface area contributed by atoms with E-state index in [1.54, 1.807) is 32.0 Å². The number of carbonyl (C=O) groups excluding carboxylic acids is 9. The summed E-state index contributed by atoms with van der Waals surface area (Å²) in [6.07, 6.45) is 12.4. The van der Waals surface area contributed by atoms with Crippen LogP contribution in [0.5, 0.6) is 0 Å². The van der Waals surface area contributed by atoms with Gasteiger partial charge in [-0.3, -0.25) is 0 Å². The maximum Gasteiger partial charge on any atom is 0.407 e. The summed E-state index contributed by atoms with van der Waals surface area (Å²) >= 11 is 0. The Labute approximate surface area is 556 Å². The Balaban J connectivity index is 0.000000307. The Morgan fingerprint density at radius 1 is 0.274 bits per heavy atom. The highest BCUT2D eigenvalue weighted by Gasteiger charge is 2.13. The zero-order valence-corrected chi connectivity index (χ0v) is 55.0. The number of hydrogen-bond donors (Lipinski definition) is 3. The Morgan fingerprint density at radius 2 is 0.505 bits per heavy atom. The Bertz CT molecular complexity index is 3470. The summed E-state index contributed by atoms with van der Waals surface area (Å²) < 4.78 is 45.4. The molecule has 6 rings (SSSR count). The lowest BCUT2D eigenvalue weighted by atomic mass is 10.1. The molecule has 0 aliphatic heterocycles. The molecule has 0 bridgehead atoms. The van der Waals surface area contributed by atoms with E-state index in [1.807, 2.05) is 109 Å². The van der Waals surface area contributed by atoms with Gasteiger partial charge in [0.15, 0.2) is 0 Å². The lowest BCUT2D eigenvalue weighted by Gasteiger charge is -2.09. The van der Waals surface area contributed by atoms with E-state index in [2.05, 4.69) is 35.7 Å². The van der Waals surface area contributed by atoms with Crippen molar-refractivity contribution < 1.29 is 85.8 Å². The Kier molecular flexibility index (Phi) is 37.6. The van der Waals surface area contributed by atoms with Crippen LogP contribution in [0.3, 0.4) is 0 Å². The van der Waals surface area contributed by atoms with Gasteiger partial charge in [-0.25, -0.2) is 43.2 Å². The summed E-state index contributed by atoms with van der Waals surface area (Å²) in [6.45, 7) is 17.1. The topological polar surface area (TPSA) is 273 Å². The van der Waals surface area contributed by atoms with Crippen LogP contribution in [-0.2, 0) is 57.0 Å². The third-order valence-electron chi connectivity index (χ3n) is 13.9. The van der Waals surface area contributed by atoms with Gasteiger partial charge < -0.3 is 58.6 Å². The van der Waals surface area contributed by atoms with Gasteiger partial charge in [0.2, 0.25) is 0 Å². The Hall–Kier alpha value is -10.1. The van der Waals surface area contributed by atoms with Crippen LogP contribution < -0.4 is 16.0 Å².